The number of carbonyl (C=O) groups excluding carboxylic acids is 1. The molecule has 0 radical (unpaired) electrons. The predicted octanol–water partition coefficient (Wildman–Crippen LogP) is 2.52. The van der Waals surface area contributed by atoms with Crippen LogP contribution in [0.25, 0.3) is 11.3 Å². The van der Waals surface area contributed by atoms with Crippen LogP contribution in [-0.4, -0.2) is 16.3 Å². The van der Waals surface area contributed by atoms with E-state index in [0.29, 0.717) is 22.1 Å². The van der Waals surface area contributed by atoms with Crippen LogP contribution in [0.3, 0.4) is 0 Å². The number of hydrogen-bond donors (Lipinski definition) is 1. The molecule has 2 aromatic rings. The summed E-state index contributed by atoms with van der Waals surface area (Å²) in [4.78, 5) is 17.4. The molecule has 0 aliphatic rings. The van der Waals surface area contributed by atoms with E-state index in [2.05, 4.69) is 25.9 Å². The number of aromatic amines is 1. The molecule has 1 heterocycles. The molecule has 1 N–H and O–H groups in total. The molecule has 0 saturated heterocycles. The number of imidazole rings is 1. The normalized spacial score (nSPS) is 9.75. The van der Waals surface area contributed by atoms with Gasteiger partial charge >= 0.3 is 0 Å². The van der Waals surface area contributed by atoms with Gasteiger partial charge in [-0.3, -0.25) is 4.79 Å². The third-order valence-corrected chi connectivity index (χ3v) is 2.65. The molecular formula is C11H6BrN3O. The lowest BCUT2D eigenvalue weighted by Gasteiger charge is -1.96. The highest BCUT2D eigenvalue weighted by Crippen LogP contribution is 2.25. The molecule has 1 aromatic heterocycles. The van der Waals surface area contributed by atoms with Gasteiger partial charge in [-0.1, -0.05) is 12.1 Å². The van der Waals surface area contributed by atoms with E-state index >= 15 is 0 Å². The first kappa shape index (κ1) is 10.6. The summed E-state index contributed by atoms with van der Waals surface area (Å²) in [5.41, 5.74) is 2.09. The lowest BCUT2D eigenvalue weighted by molar-refractivity contribution is 0.111. The summed E-state index contributed by atoms with van der Waals surface area (Å²) in [5.74, 6) is 0.270. The number of halogens is 1. The minimum absolute atomic E-state index is 0.270. The van der Waals surface area contributed by atoms with E-state index in [9.17, 15) is 4.79 Å². The van der Waals surface area contributed by atoms with Crippen LogP contribution in [-0.2, 0) is 0 Å². The predicted molar refractivity (Wildman–Crippen MR) is 61.8 cm³/mol. The summed E-state index contributed by atoms with van der Waals surface area (Å²) in [6.07, 6.45) is 0.651. The molecule has 1 aromatic carbocycles. The Labute approximate surface area is 100 Å². The van der Waals surface area contributed by atoms with E-state index in [4.69, 9.17) is 5.26 Å². The van der Waals surface area contributed by atoms with Gasteiger partial charge in [-0.05, 0) is 28.1 Å². The molecule has 0 atom stereocenters. The minimum Gasteiger partial charge on any atom is -0.330 e. The molecule has 0 bridgehead atoms. The second kappa shape index (κ2) is 4.29. The van der Waals surface area contributed by atoms with Crippen molar-refractivity contribution in [2.24, 2.45) is 0 Å². The fourth-order valence-electron chi connectivity index (χ4n) is 1.32. The van der Waals surface area contributed by atoms with Gasteiger partial charge < -0.3 is 4.98 Å². The van der Waals surface area contributed by atoms with Gasteiger partial charge in [0.1, 0.15) is 10.3 Å². The van der Waals surface area contributed by atoms with E-state index in [1.54, 1.807) is 24.3 Å². The van der Waals surface area contributed by atoms with E-state index in [0.717, 1.165) is 5.56 Å². The van der Waals surface area contributed by atoms with Crippen LogP contribution in [0, 0.1) is 11.3 Å². The number of H-pyrrole nitrogens is 1. The van der Waals surface area contributed by atoms with Gasteiger partial charge in [0.15, 0.2) is 12.1 Å². The van der Waals surface area contributed by atoms with Crippen LogP contribution in [0.4, 0.5) is 0 Å². The van der Waals surface area contributed by atoms with Gasteiger partial charge in [-0.15, -0.1) is 0 Å². The number of carbonyl (C=O) groups is 1. The molecule has 2 rings (SSSR count). The van der Waals surface area contributed by atoms with E-state index in [1.165, 1.54) is 0 Å². The quantitative estimate of drug-likeness (QED) is 0.857. The lowest BCUT2D eigenvalue weighted by atomic mass is 10.1. The number of aldehydes is 1. The largest absolute Gasteiger partial charge is 0.330 e. The molecule has 0 aliphatic heterocycles. The Morgan fingerprint density at radius 3 is 2.56 bits per heavy atom. The molecule has 78 valence electrons. The van der Waals surface area contributed by atoms with Crippen LogP contribution in [0.2, 0.25) is 0 Å². The number of nitrogens with one attached hydrogen (secondary N) is 1. The van der Waals surface area contributed by atoms with Gasteiger partial charge in [0.05, 0.1) is 11.6 Å². The molecule has 0 unspecified atom stereocenters. The minimum atomic E-state index is 0.270. The molecule has 0 aliphatic carbocycles. The van der Waals surface area contributed by atoms with Crippen molar-refractivity contribution >= 4 is 22.2 Å². The van der Waals surface area contributed by atoms with Crippen LogP contribution in [0.1, 0.15) is 16.2 Å². The Bertz CT molecular complexity index is 566. The highest BCUT2D eigenvalue weighted by atomic mass is 79.9. The van der Waals surface area contributed by atoms with Gasteiger partial charge in [-0.2, -0.15) is 5.26 Å². The number of hydrogen-bond acceptors (Lipinski definition) is 3. The monoisotopic (exact) mass is 275 g/mol. The van der Waals surface area contributed by atoms with Gasteiger partial charge in [-0.25, -0.2) is 4.98 Å². The maximum atomic E-state index is 10.5. The van der Waals surface area contributed by atoms with Crippen LogP contribution < -0.4 is 0 Å². The molecule has 0 spiro atoms. The average molecular weight is 276 g/mol. The summed E-state index contributed by atoms with van der Waals surface area (Å²) in [6, 6.07) is 9.02. The van der Waals surface area contributed by atoms with Crippen molar-refractivity contribution in [3.8, 4) is 17.3 Å². The Hall–Kier alpha value is -1.93. The molecule has 4 nitrogen and oxygen atoms in total. The molecule has 16 heavy (non-hydrogen) atoms. The highest BCUT2D eigenvalue weighted by molar-refractivity contribution is 9.10. The van der Waals surface area contributed by atoms with E-state index < -0.39 is 0 Å². The van der Waals surface area contributed by atoms with Crippen LogP contribution in [0.15, 0.2) is 28.9 Å². The first-order valence-electron chi connectivity index (χ1n) is 4.46. The van der Waals surface area contributed by atoms with Gasteiger partial charge in [0.25, 0.3) is 0 Å². The topological polar surface area (TPSA) is 69.5 Å². The van der Waals surface area contributed by atoms with Crippen molar-refractivity contribution < 1.29 is 4.79 Å². The molecule has 0 amide bonds. The van der Waals surface area contributed by atoms with Crippen LogP contribution in [0.5, 0.6) is 0 Å². The standard InChI is InChI=1S/C11H6BrN3O/c12-11-10(14-9(6-16)15-11)8-3-1-7(5-13)2-4-8/h1-4,6H,(H,14,15). The SMILES string of the molecule is N#Cc1ccc(-c2nc(C=O)[nH]c2Br)cc1. The van der Waals surface area contributed by atoms with Crippen molar-refractivity contribution in [1.82, 2.24) is 9.97 Å². The van der Waals surface area contributed by atoms with Crippen LogP contribution >= 0.6 is 15.9 Å². The first-order chi connectivity index (χ1) is 7.74. The Kier molecular flexibility index (Phi) is 2.84. The maximum Gasteiger partial charge on any atom is 0.185 e. The number of rotatable bonds is 2. The Morgan fingerprint density at radius 2 is 2.06 bits per heavy atom. The Morgan fingerprint density at radius 1 is 1.38 bits per heavy atom. The molecule has 0 saturated carbocycles. The summed E-state index contributed by atoms with van der Waals surface area (Å²) >= 11 is 3.29. The van der Waals surface area contributed by atoms with Crippen molar-refractivity contribution in [2.75, 3.05) is 0 Å². The van der Waals surface area contributed by atoms with Gasteiger partial charge in [0, 0.05) is 5.56 Å². The van der Waals surface area contributed by atoms with E-state index in [-0.39, 0.29) is 5.82 Å². The van der Waals surface area contributed by atoms with Gasteiger partial charge in [0.2, 0.25) is 0 Å². The number of benzene rings is 1. The third kappa shape index (κ3) is 1.88. The average Bonchev–Trinajstić information content (AvgIpc) is 2.71. The maximum absolute atomic E-state index is 10.5. The second-order valence-corrected chi connectivity index (χ2v) is 3.88. The fourth-order valence-corrected chi connectivity index (χ4v) is 1.84. The fraction of sp³-hybridized carbons (Fsp3) is 0. The van der Waals surface area contributed by atoms with E-state index in [1.807, 2.05) is 6.07 Å². The molecule has 5 heteroatoms. The molecular weight excluding hydrogens is 270 g/mol. The van der Waals surface area contributed by atoms with Crippen molar-refractivity contribution in [3.05, 3.63) is 40.3 Å². The number of nitrogens with zero attached hydrogens (tertiary/aromatic N) is 2. The summed E-state index contributed by atoms with van der Waals surface area (Å²) in [6.45, 7) is 0. The molecule has 0 fully saturated rings. The summed E-state index contributed by atoms with van der Waals surface area (Å²) in [7, 11) is 0. The lowest BCUT2D eigenvalue weighted by Crippen LogP contribution is -1.82. The number of aromatic nitrogens is 2. The second-order valence-electron chi connectivity index (χ2n) is 3.09. The summed E-state index contributed by atoms with van der Waals surface area (Å²) in [5, 5.41) is 8.67. The zero-order valence-electron chi connectivity index (χ0n) is 8.07. The summed E-state index contributed by atoms with van der Waals surface area (Å²) < 4.78 is 0.652. The van der Waals surface area contributed by atoms with Crippen molar-refractivity contribution in [2.45, 2.75) is 0 Å². The van der Waals surface area contributed by atoms with Crippen molar-refractivity contribution in [1.29, 1.82) is 5.26 Å². The first-order valence-corrected chi connectivity index (χ1v) is 5.25. The van der Waals surface area contributed by atoms with Crippen molar-refractivity contribution in [3.63, 3.8) is 0 Å². The number of nitriles is 1. The highest BCUT2D eigenvalue weighted by Gasteiger charge is 2.09. The smallest absolute Gasteiger partial charge is 0.185 e. The zero-order valence-corrected chi connectivity index (χ0v) is 9.65. The Balaban J connectivity index is 2.46. The zero-order chi connectivity index (χ0) is 11.5. The third-order valence-electron chi connectivity index (χ3n) is 2.08.